The standard InChI is InChI=1S/C29H40N8O2/c1-21(2)25-20-31-37-27(25)34-28(33-23-11-16-39-17-12-23)35-29(37)30-19-22-8-6-9-24(18-22)32-26(38)10-7-15-36-13-4-3-5-14-36/h6-10,18,20-21,23H,3-5,11-17,19H2,1-2H3,(H,32,38)(H2,30,33,34,35)/b10-7+. The second kappa shape index (κ2) is 13.0. The van der Waals surface area contributed by atoms with E-state index >= 15 is 0 Å². The molecular formula is C29H40N8O2. The molecule has 0 aliphatic carbocycles. The number of benzene rings is 1. The predicted octanol–water partition coefficient (Wildman–Crippen LogP) is 4.43. The molecule has 0 spiro atoms. The number of hydrogen-bond acceptors (Lipinski definition) is 8. The van der Waals surface area contributed by atoms with Gasteiger partial charge in [-0.2, -0.15) is 19.6 Å². The first-order chi connectivity index (χ1) is 19.0. The molecule has 2 fully saturated rings. The van der Waals surface area contributed by atoms with Crippen molar-refractivity contribution in [3.63, 3.8) is 0 Å². The lowest BCUT2D eigenvalue weighted by atomic mass is 10.1. The Labute approximate surface area is 230 Å². The van der Waals surface area contributed by atoms with Gasteiger partial charge in [0.15, 0.2) is 5.65 Å². The molecule has 2 aliphatic rings. The summed E-state index contributed by atoms with van der Waals surface area (Å²) in [6, 6.07) is 8.14. The van der Waals surface area contributed by atoms with Crippen LogP contribution >= 0.6 is 0 Å². The average molecular weight is 533 g/mol. The molecule has 0 unspecified atom stereocenters. The van der Waals surface area contributed by atoms with Crippen LogP contribution in [0.15, 0.2) is 42.6 Å². The lowest BCUT2D eigenvalue weighted by molar-refractivity contribution is -0.111. The molecule has 39 heavy (non-hydrogen) atoms. The molecule has 2 aliphatic heterocycles. The maximum absolute atomic E-state index is 12.5. The van der Waals surface area contributed by atoms with E-state index in [2.05, 4.69) is 39.8 Å². The molecule has 5 rings (SSSR count). The number of amides is 1. The minimum atomic E-state index is -0.115. The second-order valence-corrected chi connectivity index (χ2v) is 10.7. The molecular weight excluding hydrogens is 492 g/mol. The number of fused-ring (bicyclic) bond motifs is 1. The van der Waals surface area contributed by atoms with E-state index in [9.17, 15) is 4.79 Å². The SMILES string of the molecule is CC(C)c1cnn2c(NCc3cccc(NC(=O)/C=C/CN4CCCCC4)c3)nc(NC3CCOCC3)nc12. The number of carbonyl (C=O) groups excluding carboxylic acids is 1. The quantitative estimate of drug-likeness (QED) is 0.329. The zero-order chi connectivity index (χ0) is 27.0. The number of aromatic nitrogens is 4. The van der Waals surface area contributed by atoms with Crippen molar-refractivity contribution in [3.8, 4) is 0 Å². The molecule has 3 aromatic rings. The van der Waals surface area contributed by atoms with E-state index in [-0.39, 0.29) is 17.9 Å². The van der Waals surface area contributed by atoms with Gasteiger partial charge in [0.1, 0.15) is 0 Å². The number of nitrogens with one attached hydrogen (secondary N) is 3. The summed E-state index contributed by atoms with van der Waals surface area (Å²) in [5.74, 6) is 1.39. The Morgan fingerprint density at radius 3 is 2.77 bits per heavy atom. The van der Waals surface area contributed by atoms with Crippen molar-refractivity contribution in [2.45, 2.75) is 64.5 Å². The van der Waals surface area contributed by atoms with Crippen LogP contribution in [0.3, 0.4) is 0 Å². The van der Waals surface area contributed by atoms with Gasteiger partial charge in [-0.25, -0.2) is 0 Å². The molecule has 1 amide bonds. The van der Waals surface area contributed by atoms with Crippen LogP contribution in [0.4, 0.5) is 17.6 Å². The van der Waals surface area contributed by atoms with E-state index in [1.807, 2.05) is 36.5 Å². The van der Waals surface area contributed by atoms with Gasteiger partial charge in [0, 0.05) is 49.7 Å². The monoisotopic (exact) mass is 532 g/mol. The second-order valence-electron chi connectivity index (χ2n) is 10.7. The molecule has 1 aromatic carbocycles. The van der Waals surface area contributed by atoms with Crippen LogP contribution in [-0.2, 0) is 16.1 Å². The number of carbonyl (C=O) groups is 1. The van der Waals surface area contributed by atoms with E-state index in [1.165, 1.54) is 19.3 Å². The molecule has 0 radical (unpaired) electrons. The summed E-state index contributed by atoms with van der Waals surface area (Å²) in [6.45, 7) is 9.34. The topological polar surface area (TPSA) is 109 Å². The number of piperidine rings is 1. The summed E-state index contributed by atoms with van der Waals surface area (Å²) in [7, 11) is 0. The molecule has 3 N–H and O–H groups in total. The summed E-state index contributed by atoms with van der Waals surface area (Å²) in [5, 5.41) is 14.5. The summed E-state index contributed by atoms with van der Waals surface area (Å²) in [6.07, 6.45) is 11.1. The van der Waals surface area contributed by atoms with Crippen LogP contribution in [-0.4, -0.2) is 69.3 Å². The van der Waals surface area contributed by atoms with Crippen molar-refractivity contribution in [2.24, 2.45) is 0 Å². The third kappa shape index (κ3) is 7.33. The highest BCUT2D eigenvalue weighted by Gasteiger charge is 2.19. The van der Waals surface area contributed by atoms with Gasteiger partial charge in [0.25, 0.3) is 0 Å². The van der Waals surface area contributed by atoms with Crippen LogP contribution < -0.4 is 16.0 Å². The van der Waals surface area contributed by atoms with Crippen molar-refractivity contribution in [1.82, 2.24) is 24.5 Å². The van der Waals surface area contributed by atoms with Crippen molar-refractivity contribution in [2.75, 3.05) is 48.8 Å². The van der Waals surface area contributed by atoms with E-state index in [4.69, 9.17) is 14.7 Å². The van der Waals surface area contributed by atoms with Crippen molar-refractivity contribution in [1.29, 1.82) is 0 Å². The molecule has 10 heteroatoms. The lowest BCUT2D eigenvalue weighted by Gasteiger charge is -2.24. The number of ether oxygens (including phenoxy) is 1. The van der Waals surface area contributed by atoms with E-state index in [0.29, 0.717) is 18.4 Å². The van der Waals surface area contributed by atoms with Gasteiger partial charge in [0.2, 0.25) is 17.8 Å². The average Bonchev–Trinajstić information content (AvgIpc) is 3.38. The van der Waals surface area contributed by atoms with Crippen LogP contribution in [0.2, 0.25) is 0 Å². The van der Waals surface area contributed by atoms with Gasteiger partial charge in [-0.1, -0.05) is 38.5 Å². The fourth-order valence-corrected chi connectivity index (χ4v) is 5.08. The van der Waals surface area contributed by atoms with Gasteiger partial charge in [-0.05, 0) is 62.4 Å². The Morgan fingerprint density at radius 2 is 1.97 bits per heavy atom. The number of nitrogens with zero attached hydrogens (tertiary/aromatic N) is 5. The van der Waals surface area contributed by atoms with Gasteiger partial charge in [-0.15, -0.1) is 0 Å². The van der Waals surface area contributed by atoms with Crippen molar-refractivity contribution < 1.29 is 9.53 Å². The fourth-order valence-electron chi connectivity index (χ4n) is 5.08. The maximum atomic E-state index is 12.5. The number of rotatable bonds is 10. The Bertz CT molecular complexity index is 1280. The van der Waals surface area contributed by atoms with Crippen LogP contribution in [0, 0.1) is 0 Å². The smallest absolute Gasteiger partial charge is 0.248 e. The van der Waals surface area contributed by atoms with Crippen LogP contribution in [0.1, 0.15) is 63.0 Å². The molecule has 0 atom stereocenters. The van der Waals surface area contributed by atoms with E-state index in [0.717, 1.165) is 68.2 Å². The van der Waals surface area contributed by atoms with Gasteiger partial charge >= 0.3 is 0 Å². The first-order valence-electron chi connectivity index (χ1n) is 14.2. The number of hydrogen-bond donors (Lipinski definition) is 3. The summed E-state index contributed by atoms with van der Waals surface area (Å²) in [4.78, 5) is 24.4. The zero-order valence-electron chi connectivity index (χ0n) is 23.0. The van der Waals surface area contributed by atoms with Gasteiger partial charge in [0.05, 0.1) is 6.20 Å². The van der Waals surface area contributed by atoms with Crippen LogP contribution in [0.5, 0.6) is 0 Å². The number of anilines is 3. The highest BCUT2D eigenvalue weighted by Crippen LogP contribution is 2.23. The summed E-state index contributed by atoms with van der Waals surface area (Å²) < 4.78 is 7.26. The molecule has 0 bridgehead atoms. The normalized spacial score (nSPS) is 17.2. The molecule has 2 saturated heterocycles. The zero-order valence-corrected chi connectivity index (χ0v) is 23.0. The Kier molecular flexibility index (Phi) is 9.05. The lowest BCUT2D eigenvalue weighted by Crippen LogP contribution is -2.29. The third-order valence-electron chi connectivity index (χ3n) is 7.30. The van der Waals surface area contributed by atoms with Crippen molar-refractivity contribution >= 4 is 29.1 Å². The Balaban J connectivity index is 1.25. The maximum Gasteiger partial charge on any atom is 0.248 e. The predicted molar refractivity (Wildman–Crippen MR) is 154 cm³/mol. The minimum absolute atomic E-state index is 0.115. The molecule has 0 saturated carbocycles. The molecule has 2 aromatic heterocycles. The van der Waals surface area contributed by atoms with Gasteiger partial charge < -0.3 is 20.7 Å². The first-order valence-corrected chi connectivity index (χ1v) is 14.2. The molecule has 208 valence electrons. The summed E-state index contributed by atoms with van der Waals surface area (Å²) >= 11 is 0. The van der Waals surface area contributed by atoms with Crippen molar-refractivity contribution in [3.05, 3.63) is 53.7 Å². The molecule has 10 nitrogen and oxygen atoms in total. The largest absolute Gasteiger partial charge is 0.381 e. The van der Waals surface area contributed by atoms with E-state index in [1.54, 1.807) is 10.6 Å². The third-order valence-corrected chi connectivity index (χ3v) is 7.30. The first kappa shape index (κ1) is 27.1. The highest BCUT2D eigenvalue weighted by molar-refractivity contribution is 5.99. The number of likely N-dealkylation sites (tertiary alicyclic amines) is 1. The Morgan fingerprint density at radius 1 is 1.15 bits per heavy atom. The Hall–Kier alpha value is -3.50. The highest BCUT2D eigenvalue weighted by atomic mass is 16.5. The molecule has 4 heterocycles. The van der Waals surface area contributed by atoms with Crippen LogP contribution in [0.25, 0.3) is 5.65 Å². The summed E-state index contributed by atoms with van der Waals surface area (Å²) in [5.41, 5.74) is 3.66. The van der Waals surface area contributed by atoms with E-state index < -0.39 is 0 Å². The minimum Gasteiger partial charge on any atom is -0.381 e. The fraction of sp³-hybridized carbons (Fsp3) is 0.517. The van der Waals surface area contributed by atoms with Gasteiger partial charge in [-0.3, -0.25) is 9.69 Å².